The van der Waals surface area contributed by atoms with E-state index in [2.05, 4.69) is 10.1 Å². The van der Waals surface area contributed by atoms with Gasteiger partial charge in [-0.2, -0.15) is 0 Å². The van der Waals surface area contributed by atoms with Crippen LogP contribution in [0.25, 0.3) is 0 Å². The van der Waals surface area contributed by atoms with Gasteiger partial charge in [0.25, 0.3) is 0 Å². The maximum absolute atomic E-state index is 11.6. The van der Waals surface area contributed by atoms with Gasteiger partial charge in [0.1, 0.15) is 9.84 Å². The van der Waals surface area contributed by atoms with E-state index >= 15 is 0 Å². The molecule has 1 amide bonds. The minimum atomic E-state index is -3.20. The lowest BCUT2D eigenvalue weighted by Crippen LogP contribution is -2.18. The average Bonchev–Trinajstić information content (AvgIpc) is 2.35. The van der Waals surface area contributed by atoms with Gasteiger partial charge in [-0.3, -0.25) is 4.79 Å². The van der Waals surface area contributed by atoms with Crippen LogP contribution in [0, 0.1) is 0 Å². The fourth-order valence-corrected chi connectivity index (χ4v) is 1.93. The number of benzene rings is 1. The predicted molar refractivity (Wildman–Crippen MR) is 70.7 cm³/mol. The van der Waals surface area contributed by atoms with Crippen LogP contribution in [-0.2, 0) is 19.4 Å². The van der Waals surface area contributed by atoms with E-state index in [1.165, 1.54) is 13.2 Å². The van der Waals surface area contributed by atoms with Crippen molar-refractivity contribution in [2.24, 2.45) is 0 Å². The summed E-state index contributed by atoms with van der Waals surface area (Å²) in [6, 6.07) is 6.35. The van der Waals surface area contributed by atoms with Gasteiger partial charge in [-0.05, 0) is 12.1 Å². The van der Waals surface area contributed by atoms with Crippen molar-refractivity contribution >= 4 is 27.4 Å². The lowest BCUT2D eigenvalue weighted by molar-refractivity contribution is -0.115. The summed E-state index contributed by atoms with van der Waals surface area (Å²) >= 11 is 0. The van der Waals surface area contributed by atoms with E-state index in [0.717, 1.165) is 6.26 Å². The molecule has 0 unspecified atom stereocenters. The van der Waals surface area contributed by atoms with Crippen LogP contribution >= 0.6 is 0 Å². The molecule has 1 aromatic carbocycles. The molecule has 1 aromatic rings. The average molecular weight is 285 g/mol. The molecule has 0 aliphatic rings. The molecule has 1 N–H and O–H groups in total. The molecule has 0 saturated heterocycles. The predicted octanol–water partition coefficient (Wildman–Crippen LogP) is 0.846. The Labute approximate surface area is 111 Å². The van der Waals surface area contributed by atoms with Crippen molar-refractivity contribution in [3.8, 4) is 0 Å². The number of methoxy groups -OCH3 is 1. The van der Waals surface area contributed by atoms with Crippen LogP contribution in [0.4, 0.5) is 5.69 Å². The molecule has 0 fully saturated rings. The Morgan fingerprint density at radius 1 is 1.26 bits per heavy atom. The van der Waals surface area contributed by atoms with Gasteiger partial charge >= 0.3 is 5.97 Å². The summed E-state index contributed by atoms with van der Waals surface area (Å²) in [6.45, 7) is 0. The summed E-state index contributed by atoms with van der Waals surface area (Å²) in [7, 11) is -1.95. The van der Waals surface area contributed by atoms with Crippen LogP contribution in [0.3, 0.4) is 0 Å². The summed E-state index contributed by atoms with van der Waals surface area (Å²) < 4.78 is 26.5. The summed E-state index contributed by atoms with van der Waals surface area (Å²) in [5, 5.41) is 2.49. The van der Waals surface area contributed by atoms with Crippen LogP contribution in [-0.4, -0.2) is 39.4 Å². The van der Waals surface area contributed by atoms with Crippen LogP contribution in [0.5, 0.6) is 0 Å². The van der Waals surface area contributed by atoms with Crippen molar-refractivity contribution in [2.75, 3.05) is 24.4 Å². The summed E-state index contributed by atoms with van der Waals surface area (Å²) in [6.07, 6.45) is 0.900. The first-order valence-corrected chi connectivity index (χ1v) is 7.54. The third-order valence-corrected chi connectivity index (χ3v) is 3.25. The Morgan fingerprint density at radius 3 is 2.47 bits per heavy atom. The third kappa shape index (κ3) is 5.09. The number of carbonyl (C=O) groups is 2. The smallest absolute Gasteiger partial charge is 0.339 e. The Morgan fingerprint density at radius 2 is 1.89 bits per heavy atom. The second kappa shape index (κ2) is 6.33. The fraction of sp³-hybridized carbons (Fsp3) is 0.333. The highest BCUT2D eigenvalue weighted by Crippen LogP contribution is 2.16. The Hall–Kier alpha value is -1.89. The second-order valence-corrected chi connectivity index (χ2v) is 6.22. The number of anilines is 1. The van der Waals surface area contributed by atoms with Crippen LogP contribution in [0.1, 0.15) is 16.8 Å². The summed E-state index contributed by atoms with van der Waals surface area (Å²) in [5.74, 6) is -1.28. The highest BCUT2D eigenvalue weighted by atomic mass is 32.2. The molecule has 1 rings (SSSR count). The van der Waals surface area contributed by atoms with Gasteiger partial charge in [-0.15, -0.1) is 0 Å². The van der Waals surface area contributed by atoms with Gasteiger partial charge < -0.3 is 10.1 Å². The monoisotopic (exact) mass is 285 g/mol. The number of esters is 1. The van der Waals surface area contributed by atoms with E-state index in [1.54, 1.807) is 18.2 Å². The van der Waals surface area contributed by atoms with Crippen LogP contribution < -0.4 is 5.32 Å². The zero-order valence-electron chi connectivity index (χ0n) is 10.7. The molecule has 0 bridgehead atoms. The van der Waals surface area contributed by atoms with Crippen molar-refractivity contribution in [3.63, 3.8) is 0 Å². The summed E-state index contributed by atoms with van der Waals surface area (Å²) in [4.78, 5) is 23.1. The zero-order valence-corrected chi connectivity index (χ0v) is 11.5. The quantitative estimate of drug-likeness (QED) is 0.810. The Kier molecular flexibility index (Phi) is 5.05. The highest BCUT2D eigenvalue weighted by Gasteiger charge is 2.14. The van der Waals surface area contributed by atoms with Gasteiger partial charge in [-0.25, -0.2) is 13.2 Å². The van der Waals surface area contributed by atoms with Crippen molar-refractivity contribution in [1.29, 1.82) is 0 Å². The molecule has 0 saturated carbocycles. The van der Waals surface area contributed by atoms with E-state index in [0.29, 0.717) is 5.69 Å². The van der Waals surface area contributed by atoms with E-state index in [9.17, 15) is 18.0 Å². The van der Waals surface area contributed by atoms with E-state index in [4.69, 9.17) is 0 Å². The fourth-order valence-electron chi connectivity index (χ4n) is 1.37. The molecule has 0 spiro atoms. The summed E-state index contributed by atoms with van der Waals surface area (Å²) in [5.41, 5.74) is 0.519. The van der Waals surface area contributed by atoms with Gasteiger partial charge in [-0.1, -0.05) is 12.1 Å². The number of amides is 1. The minimum Gasteiger partial charge on any atom is -0.465 e. The van der Waals surface area contributed by atoms with E-state index in [1.807, 2.05) is 0 Å². The van der Waals surface area contributed by atoms with Gasteiger partial charge in [0.15, 0.2) is 0 Å². The molecule has 0 radical (unpaired) electrons. The SMILES string of the molecule is COC(=O)c1ccccc1NC(=O)CCS(C)(=O)=O. The maximum atomic E-state index is 11.6. The molecule has 0 atom stereocenters. The minimum absolute atomic E-state index is 0.158. The number of carbonyl (C=O) groups excluding carboxylic acids is 2. The van der Waals surface area contributed by atoms with Crippen LogP contribution in [0.2, 0.25) is 0 Å². The number of nitrogens with one attached hydrogen (secondary N) is 1. The molecule has 0 aliphatic carbocycles. The number of hydrogen-bond acceptors (Lipinski definition) is 5. The number of hydrogen-bond donors (Lipinski definition) is 1. The lowest BCUT2D eigenvalue weighted by Gasteiger charge is -2.09. The molecule has 0 aliphatic heterocycles. The van der Waals surface area contributed by atoms with Gasteiger partial charge in [0, 0.05) is 12.7 Å². The number of ether oxygens (including phenoxy) is 1. The first-order valence-electron chi connectivity index (χ1n) is 5.48. The van der Waals surface area contributed by atoms with E-state index < -0.39 is 21.7 Å². The molecule has 19 heavy (non-hydrogen) atoms. The third-order valence-electron chi connectivity index (χ3n) is 2.31. The number of sulfone groups is 1. The molecule has 0 aromatic heterocycles. The lowest BCUT2D eigenvalue weighted by atomic mass is 10.2. The van der Waals surface area contributed by atoms with Gasteiger partial charge in [0.2, 0.25) is 5.91 Å². The standard InChI is InChI=1S/C12H15NO5S/c1-18-12(15)9-5-3-4-6-10(9)13-11(14)7-8-19(2,16)17/h3-6H,7-8H2,1-2H3,(H,13,14). The maximum Gasteiger partial charge on any atom is 0.339 e. The van der Waals surface area contributed by atoms with Crippen molar-refractivity contribution in [1.82, 2.24) is 0 Å². The molecule has 7 heteroatoms. The molecular weight excluding hydrogens is 270 g/mol. The van der Waals surface area contributed by atoms with Crippen LogP contribution in [0.15, 0.2) is 24.3 Å². The highest BCUT2D eigenvalue weighted by molar-refractivity contribution is 7.90. The normalized spacial score (nSPS) is 10.8. The Balaban J connectivity index is 2.77. The van der Waals surface area contributed by atoms with Crippen molar-refractivity contribution in [2.45, 2.75) is 6.42 Å². The molecule has 104 valence electrons. The topological polar surface area (TPSA) is 89.5 Å². The second-order valence-electron chi connectivity index (χ2n) is 3.97. The first kappa shape index (κ1) is 15.2. The molecule has 0 heterocycles. The number of rotatable bonds is 5. The zero-order chi connectivity index (χ0) is 14.5. The Bertz CT molecular complexity index is 580. The molecule has 6 nitrogen and oxygen atoms in total. The van der Waals surface area contributed by atoms with Crippen molar-refractivity contribution in [3.05, 3.63) is 29.8 Å². The molecular formula is C12H15NO5S. The number of para-hydroxylation sites is 1. The largest absolute Gasteiger partial charge is 0.465 e. The first-order chi connectivity index (χ1) is 8.83. The van der Waals surface area contributed by atoms with Crippen molar-refractivity contribution < 1.29 is 22.7 Å². The van der Waals surface area contributed by atoms with Gasteiger partial charge in [0.05, 0.1) is 24.1 Å². The van der Waals surface area contributed by atoms with E-state index in [-0.39, 0.29) is 17.7 Å².